The summed E-state index contributed by atoms with van der Waals surface area (Å²) in [5.41, 5.74) is 9.58. The summed E-state index contributed by atoms with van der Waals surface area (Å²) >= 11 is 0. The molecule has 2 N–H and O–H groups in total. The molecule has 2 aliphatic carbocycles. The molecular weight excluding hydrogens is 791 g/mol. The fourth-order valence-corrected chi connectivity index (χ4v) is 9.24. The molecular formula is C48H39N5O9. The van der Waals surface area contributed by atoms with Gasteiger partial charge < -0.3 is 38.1 Å². The smallest absolute Gasteiger partial charge is 0.448 e. The second kappa shape index (κ2) is 15.8. The molecule has 0 spiro atoms. The van der Waals surface area contributed by atoms with E-state index in [9.17, 15) is 14.7 Å². The van der Waals surface area contributed by atoms with E-state index in [4.69, 9.17) is 28.4 Å². The summed E-state index contributed by atoms with van der Waals surface area (Å²) in [4.78, 5) is 40.7. The number of fused-ring (bicyclic) bond motifs is 8. The van der Waals surface area contributed by atoms with Gasteiger partial charge in [0.25, 0.3) is 5.88 Å². The number of amides is 1. The van der Waals surface area contributed by atoms with E-state index in [2.05, 4.69) is 44.5 Å². The lowest BCUT2D eigenvalue weighted by atomic mass is 9.97. The summed E-state index contributed by atoms with van der Waals surface area (Å²) in [7, 11) is 0. The molecule has 2 aliphatic heterocycles. The van der Waals surface area contributed by atoms with Gasteiger partial charge in [-0.05, 0) is 44.5 Å². The zero-order chi connectivity index (χ0) is 41.7. The van der Waals surface area contributed by atoms with E-state index in [0.29, 0.717) is 0 Å². The summed E-state index contributed by atoms with van der Waals surface area (Å²) < 4.78 is 37.3. The van der Waals surface area contributed by atoms with Crippen LogP contribution in [0.25, 0.3) is 33.4 Å². The van der Waals surface area contributed by atoms with Crippen molar-refractivity contribution in [3.8, 4) is 28.1 Å². The molecule has 0 radical (unpaired) electrons. The highest BCUT2D eigenvalue weighted by molar-refractivity contribution is 5.87. The average molecular weight is 830 g/mol. The van der Waals surface area contributed by atoms with E-state index in [1.54, 1.807) is 4.57 Å². The van der Waals surface area contributed by atoms with Crippen LogP contribution < -0.4 is 10.1 Å². The van der Waals surface area contributed by atoms with Crippen molar-refractivity contribution in [2.75, 3.05) is 31.7 Å². The van der Waals surface area contributed by atoms with Gasteiger partial charge in [-0.25, -0.2) is 14.6 Å². The first-order chi connectivity index (χ1) is 30.5. The molecule has 0 saturated carbocycles. The monoisotopic (exact) mass is 829 g/mol. The van der Waals surface area contributed by atoms with Crippen LogP contribution in [0, 0.1) is 0 Å². The Labute approximate surface area is 355 Å². The van der Waals surface area contributed by atoms with Gasteiger partial charge in [-0.3, -0.25) is 5.32 Å². The SMILES string of the molecule is O=C(Nc1nc(OC(=O)OCC2c3ccccc3-c3ccccc32)c2ncn(C3COC4COC(c5ccccc5)O[C@H]4C3O)c2n1)OCC1c2ccccc2-c2ccccc21. The average Bonchev–Trinajstić information content (AvgIpc) is 3.98. The lowest BCUT2D eigenvalue weighted by Crippen LogP contribution is -2.56. The van der Waals surface area contributed by atoms with Crippen LogP contribution in [0.1, 0.15) is 52.0 Å². The molecule has 5 aromatic carbocycles. The molecule has 4 aliphatic rings. The standard InChI is InChI=1S/C48H39N5O9/c54-41-38(24-57-39-25-58-45(61-42(39)41)27-12-2-1-3-13-27)53-26-49-40-43(53)50-46(52-47(55)59-22-36-32-18-8-4-14-28(32)29-15-5-9-19-33(29)36)51-44(40)62-48(56)60-23-37-34-20-10-6-16-30(34)31-17-7-11-21-35(31)37/h1-21,26,36-39,41-42,45,54H,22-25H2,(H,50,51,52,55)/t38?,39?,41?,42-,45?/m1/s1. The van der Waals surface area contributed by atoms with Gasteiger partial charge in [-0.1, -0.05) is 127 Å². The lowest BCUT2D eigenvalue weighted by molar-refractivity contribution is -0.306. The maximum absolute atomic E-state index is 13.5. The minimum Gasteiger partial charge on any atom is -0.448 e. The first kappa shape index (κ1) is 38.0. The number of aliphatic hydroxyl groups is 1. The second-order valence-electron chi connectivity index (χ2n) is 15.6. The molecule has 5 atom stereocenters. The minimum absolute atomic E-state index is 0.00222. The number of benzene rings is 5. The van der Waals surface area contributed by atoms with Crippen molar-refractivity contribution in [1.29, 1.82) is 0 Å². The number of ether oxygens (including phenoxy) is 6. The Bertz CT molecular complexity index is 2740. The van der Waals surface area contributed by atoms with Crippen molar-refractivity contribution in [2.24, 2.45) is 0 Å². The van der Waals surface area contributed by atoms with Crippen LogP contribution in [0.15, 0.2) is 134 Å². The summed E-state index contributed by atoms with van der Waals surface area (Å²) in [6.07, 6.45) is -3.49. The zero-order valence-electron chi connectivity index (χ0n) is 33.1. The van der Waals surface area contributed by atoms with Crippen molar-refractivity contribution in [3.63, 3.8) is 0 Å². The Morgan fingerprint density at radius 2 is 1.26 bits per heavy atom. The highest BCUT2D eigenvalue weighted by Gasteiger charge is 2.46. The molecule has 0 bridgehead atoms. The van der Waals surface area contributed by atoms with E-state index in [-0.39, 0.29) is 61.3 Å². The molecule has 2 saturated heterocycles. The number of hydrogen-bond donors (Lipinski definition) is 2. The molecule has 4 heterocycles. The number of imidazole rings is 1. The Kier molecular flexibility index (Phi) is 9.69. The molecule has 2 aromatic heterocycles. The largest absolute Gasteiger partial charge is 0.515 e. The predicted molar refractivity (Wildman–Crippen MR) is 225 cm³/mol. The summed E-state index contributed by atoms with van der Waals surface area (Å²) in [6.45, 7) is 0.318. The Hall–Kier alpha value is -6.97. The number of nitrogens with zero attached hydrogens (tertiary/aromatic N) is 4. The number of rotatable bonds is 8. The summed E-state index contributed by atoms with van der Waals surface area (Å²) in [5.74, 6) is -0.893. The van der Waals surface area contributed by atoms with Gasteiger partial charge in [0.15, 0.2) is 17.5 Å². The molecule has 310 valence electrons. The normalized spacial score (nSPS) is 21.3. The minimum atomic E-state index is -1.10. The fourth-order valence-electron chi connectivity index (χ4n) is 9.24. The molecule has 14 heteroatoms. The molecule has 1 amide bonds. The van der Waals surface area contributed by atoms with Crippen LogP contribution in [0.2, 0.25) is 0 Å². The van der Waals surface area contributed by atoms with Crippen LogP contribution >= 0.6 is 0 Å². The van der Waals surface area contributed by atoms with Gasteiger partial charge in [0.05, 0.1) is 25.6 Å². The Balaban J connectivity index is 0.867. The third-order valence-corrected chi connectivity index (χ3v) is 12.2. The first-order valence-electron chi connectivity index (χ1n) is 20.5. The first-order valence-corrected chi connectivity index (χ1v) is 20.5. The highest BCUT2D eigenvalue weighted by atomic mass is 16.7. The predicted octanol–water partition coefficient (Wildman–Crippen LogP) is 7.93. The van der Waals surface area contributed by atoms with E-state index in [1.807, 2.05) is 103 Å². The quantitative estimate of drug-likeness (QED) is 0.142. The van der Waals surface area contributed by atoms with Gasteiger partial charge in [-0.15, -0.1) is 0 Å². The number of carbonyl (C=O) groups excluding carboxylic acids is 2. The number of anilines is 1. The molecule has 62 heavy (non-hydrogen) atoms. The van der Waals surface area contributed by atoms with Crippen molar-refractivity contribution >= 4 is 29.4 Å². The number of aliphatic hydroxyl groups excluding tert-OH is 1. The third-order valence-electron chi connectivity index (χ3n) is 12.2. The number of aromatic nitrogens is 4. The summed E-state index contributed by atoms with van der Waals surface area (Å²) in [6, 6.07) is 40.8. The number of hydrogen-bond acceptors (Lipinski definition) is 12. The van der Waals surface area contributed by atoms with Crippen LogP contribution in [0.4, 0.5) is 15.5 Å². The van der Waals surface area contributed by atoms with Crippen molar-refractivity contribution in [2.45, 2.75) is 42.5 Å². The van der Waals surface area contributed by atoms with E-state index < -0.39 is 42.9 Å². The van der Waals surface area contributed by atoms with Crippen molar-refractivity contribution < 1.29 is 43.1 Å². The fraction of sp³-hybridized carbons (Fsp3) is 0.229. The summed E-state index contributed by atoms with van der Waals surface area (Å²) in [5, 5.41) is 14.5. The molecule has 11 rings (SSSR count). The molecule has 14 nitrogen and oxygen atoms in total. The van der Waals surface area contributed by atoms with Gasteiger partial charge in [-0.2, -0.15) is 9.97 Å². The Morgan fingerprint density at radius 1 is 0.694 bits per heavy atom. The highest BCUT2D eigenvalue weighted by Crippen LogP contribution is 2.46. The van der Waals surface area contributed by atoms with E-state index in [1.165, 1.54) is 6.33 Å². The van der Waals surface area contributed by atoms with Gasteiger partial charge >= 0.3 is 12.2 Å². The second-order valence-corrected chi connectivity index (χ2v) is 15.6. The maximum Gasteiger partial charge on any atom is 0.515 e. The number of nitrogens with one attached hydrogen (secondary N) is 1. The van der Waals surface area contributed by atoms with E-state index in [0.717, 1.165) is 50.1 Å². The van der Waals surface area contributed by atoms with Gasteiger partial charge in [0.2, 0.25) is 5.95 Å². The van der Waals surface area contributed by atoms with Crippen LogP contribution in [-0.2, 0) is 23.7 Å². The van der Waals surface area contributed by atoms with Crippen LogP contribution in [-0.4, -0.2) is 81.6 Å². The molecule has 2 fully saturated rings. The van der Waals surface area contributed by atoms with E-state index >= 15 is 0 Å². The third kappa shape index (κ3) is 6.73. The zero-order valence-corrected chi connectivity index (χ0v) is 33.1. The van der Waals surface area contributed by atoms with Crippen molar-refractivity contribution in [3.05, 3.63) is 162 Å². The van der Waals surface area contributed by atoms with Gasteiger partial charge in [0, 0.05) is 17.4 Å². The maximum atomic E-state index is 13.5. The van der Waals surface area contributed by atoms with Crippen molar-refractivity contribution in [1.82, 2.24) is 19.5 Å². The van der Waals surface area contributed by atoms with Gasteiger partial charge in [0.1, 0.15) is 31.5 Å². The molecule has 7 aromatic rings. The number of carbonyl (C=O) groups is 2. The molecule has 4 unspecified atom stereocenters. The Morgan fingerprint density at radius 3 is 1.87 bits per heavy atom. The van der Waals surface area contributed by atoms with Crippen LogP contribution in [0.5, 0.6) is 5.88 Å². The lowest BCUT2D eigenvalue weighted by Gasteiger charge is -2.45. The topological polar surface area (TPSA) is 165 Å². The van der Waals surface area contributed by atoms with Crippen LogP contribution in [0.3, 0.4) is 0 Å².